The van der Waals surface area contributed by atoms with Gasteiger partial charge in [-0.1, -0.05) is 18.3 Å². The number of Topliss-reactive ketones (excluding diaryl/α,β-unsaturated/α-hetero) is 1. The molecule has 1 atom stereocenters. The number of nitrogens with zero attached hydrogens (tertiary/aromatic N) is 2. The molecule has 0 radical (unpaired) electrons. The Morgan fingerprint density at radius 1 is 1.48 bits per heavy atom. The van der Waals surface area contributed by atoms with Gasteiger partial charge < -0.3 is 10.1 Å². The van der Waals surface area contributed by atoms with E-state index >= 15 is 0 Å². The summed E-state index contributed by atoms with van der Waals surface area (Å²) in [6, 6.07) is 0.00135. The molecule has 8 heteroatoms. The molecule has 0 aliphatic carbocycles. The second kappa shape index (κ2) is 6.77. The largest absolute Gasteiger partial charge is 0.464 e. The lowest BCUT2D eigenvalue weighted by Gasteiger charge is -2.12. The lowest BCUT2D eigenvalue weighted by Crippen LogP contribution is -2.10. The lowest BCUT2D eigenvalue weighted by atomic mass is 10.2. The highest BCUT2D eigenvalue weighted by Gasteiger charge is 2.23. The highest BCUT2D eigenvalue weighted by molar-refractivity contribution is 7.17. The third-order valence-corrected chi connectivity index (χ3v) is 4.76. The van der Waals surface area contributed by atoms with Crippen LogP contribution in [0, 0.1) is 0 Å². The zero-order chi connectivity index (χ0) is 15.4. The first-order valence-electron chi connectivity index (χ1n) is 6.32. The molecule has 1 unspecified atom stereocenters. The number of ether oxygens (including phenoxy) is 1. The molecule has 0 aromatic carbocycles. The molecule has 2 heterocycles. The van der Waals surface area contributed by atoms with E-state index in [1.807, 2.05) is 12.3 Å². The van der Waals surface area contributed by atoms with E-state index in [9.17, 15) is 9.59 Å². The fourth-order valence-corrected chi connectivity index (χ4v) is 3.42. The summed E-state index contributed by atoms with van der Waals surface area (Å²) in [4.78, 5) is 32.0. The molecule has 1 N–H and O–H groups in total. The minimum Gasteiger partial charge on any atom is -0.464 e. The standard InChI is InChI=1S/C13H15N3O3S2/c1-4-8(11-14-5-6-20-11)15-13-16-9(12(18)19-3)10(21-13)7(2)17/h5-6,8H,4H2,1-3H3,(H,15,16). The number of methoxy groups -OCH3 is 1. The number of aromatic nitrogens is 2. The summed E-state index contributed by atoms with van der Waals surface area (Å²) >= 11 is 2.70. The molecule has 0 amide bonds. The number of esters is 1. The monoisotopic (exact) mass is 325 g/mol. The highest BCUT2D eigenvalue weighted by Crippen LogP contribution is 2.29. The van der Waals surface area contributed by atoms with Crippen molar-refractivity contribution >= 4 is 39.6 Å². The molecule has 0 spiro atoms. The van der Waals surface area contributed by atoms with Crippen LogP contribution in [-0.2, 0) is 4.74 Å². The van der Waals surface area contributed by atoms with Crippen molar-refractivity contribution in [2.75, 3.05) is 12.4 Å². The molecule has 0 fully saturated rings. The molecule has 0 aliphatic rings. The van der Waals surface area contributed by atoms with Crippen molar-refractivity contribution in [2.24, 2.45) is 0 Å². The van der Waals surface area contributed by atoms with E-state index < -0.39 is 5.97 Å². The van der Waals surface area contributed by atoms with Crippen LogP contribution >= 0.6 is 22.7 Å². The molecule has 0 aliphatic heterocycles. The first kappa shape index (κ1) is 15.6. The SMILES string of the molecule is CCC(Nc1nc(C(=O)OC)c(C(C)=O)s1)c1nccs1. The van der Waals surface area contributed by atoms with E-state index in [0.717, 1.165) is 22.8 Å². The van der Waals surface area contributed by atoms with E-state index in [2.05, 4.69) is 20.0 Å². The Balaban J connectivity index is 2.28. The van der Waals surface area contributed by atoms with Gasteiger partial charge in [0.25, 0.3) is 0 Å². The van der Waals surface area contributed by atoms with Crippen LogP contribution in [0.25, 0.3) is 0 Å². The van der Waals surface area contributed by atoms with Gasteiger partial charge in [-0.2, -0.15) is 0 Å². The van der Waals surface area contributed by atoms with Crippen molar-refractivity contribution in [3.8, 4) is 0 Å². The Morgan fingerprint density at radius 3 is 2.76 bits per heavy atom. The van der Waals surface area contributed by atoms with Crippen LogP contribution < -0.4 is 5.32 Å². The van der Waals surface area contributed by atoms with Gasteiger partial charge in [0.1, 0.15) is 9.88 Å². The molecule has 0 saturated heterocycles. The second-order valence-corrected chi connectivity index (χ2v) is 6.15. The topological polar surface area (TPSA) is 81.2 Å². The number of hydrogen-bond acceptors (Lipinski definition) is 8. The van der Waals surface area contributed by atoms with E-state index in [0.29, 0.717) is 10.0 Å². The van der Waals surface area contributed by atoms with Crippen LogP contribution in [0.3, 0.4) is 0 Å². The Bertz CT molecular complexity index is 637. The van der Waals surface area contributed by atoms with E-state index in [1.165, 1.54) is 14.0 Å². The van der Waals surface area contributed by atoms with Crippen LogP contribution in [0.15, 0.2) is 11.6 Å². The van der Waals surface area contributed by atoms with Crippen LogP contribution in [0.4, 0.5) is 5.13 Å². The fourth-order valence-electron chi connectivity index (χ4n) is 1.75. The summed E-state index contributed by atoms with van der Waals surface area (Å²) in [7, 11) is 1.27. The summed E-state index contributed by atoms with van der Waals surface area (Å²) in [5.74, 6) is -0.810. The summed E-state index contributed by atoms with van der Waals surface area (Å²) in [5.41, 5.74) is 0.0616. The average molecular weight is 325 g/mol. The maximum atomic E-state index is 11.7. The molecule has 2 aromatic heterocycles. The van der Waals surface area contributed by atoms with Crippen LogP contribution in [0.1, 0.15) is 51.5 Å². The number of carbonyl (C=O) groups excluding carboxylic acids is 2. The van der Waals surface area contributed by atoms with Crippen molar-refractivity contribution in [3.63, 3.8) is 0 Å². The third kappa shape index (κ3) is 3.45. The molecule has 6 nitrogen and oxygen atoms in total. The summed E-state index contributed by atoms with van der Waals surface area (Å²) in [6.45, 7) is 3.43. The predicted octanol–water partition coefficient (Wildman–Crippen LogP) is 3.15. The quantitative estimate of drug-likeness (QED) is 0.649. The minimum absolute atomic E-state index is 0.00135. The van der Waals surface area contributed by atoms with Gasteiger partial charge in [0.2, 0.25) is 0 Å². The number of carbonyl (C=O) groups is 2. The molecule has 2 rings (SSSR count). The number of rotatable bonds is 6. The molecule has 2 aromatic rings. The first-order chi connectivity index (χ1) is 10.1. The zero-order valence-corrected chi connectivity index (χ0v) is 13.5. The maximum absolute atomic E-state index is 11.7. The highest BCUT2D eigenvalue weighted by atomic mass is 32.1. The van der Waals surface area contributed by atoms with E-state index in [1.54, 1.807) is 17.5 Å². The molecule has 0 bridgehead atoms. The predicted molar refractivity (Wildman–Crippen MR) is 82.2 cm³/mol. The second-order valence-electron chi connectivity index (χ2n) is 4.22. The third-order valence-electron chi connectivity index (χ3n) is 2.78. The van der Waals surface area contributed by atoms with Crippen LogP contribution in [-0.4, -0.2) is 28.8 Å². The first-order valence-corrected chi connectivity index (χ1v) is 8.02. The van der Waals surface area contributed by atoms with Crippen molar-refractivity contribution in [1.82, 2.24) is 9.97 Å². The fraction of sp³-hybridized carbons (Fsp3) is 0.385. The summed E-state index contributed by atoms with van der Waals surface area (Å²) < 4.78 is 4.66. The van der Waals surface area contributed by atoms with Crippen molar-refractivity contribution in [2.45, 2.75) is 26.3 Å². The number of hydrogen-bond donors (Lipinski definition) is 1. The van der Waals surface area contributed by atoms with Crippen molar-refractivity contribution in [3.05, 3.63) is 27.2 Å². The Morgan fingerprint density at radius 2 is 2.24 bits per heavy atom. The number of ketones is 1. The smallest absolute Gasteiger partial charge is 0.358 e. The number of anilines is 1. The van der Waals surface area contributed by atoms with Gasteiger partial charge in [-0.25, -0.2) is 14.8 Å². The van der Waals surface area contributed by atoms with Gasteiger partial charge in [-0.3, -0.25) is 4.79 Å². The summed E-state index contributed by atoms with van der Waals surface area (Å²) in [5, 5.41) is 6.58. The van der Waals surface area contributed by atoms with Gasteiger partial charge in [-0.15, -0.1) is 11.3 Å². The molecule has 21 heavy (non-hydrogen) atoms. The lowest BCUT2D eigenvalue weighted by molar-refractivity contribution is 0.0591. The van der Waals surface area contributed by atoms with Crippen LogP contribution in [0.2, 0.25) is 0 Å². The number of nitrogens with one attached hydrogen (secondary N) is 1. The minimum atomic E-state index is -0.605. The van der Waals surface area contributed by atoms with E-state index in [4.69, 9.17) is 0 Å². The maximum Gasteiger partial charge on any atom is 0.358 e. The Labute approximate surface area is 130 Å². The Hall–Kier alpha value is -1.80. The van der Waals surface area contributed by atoms with E-state index in [-0.39, 0.29) is 17.5 Å². The van der Waals surface area contributed by atoms with Gasteiger partial charge in [0.05, 0.1) is 13.2 Å². The number of thiazole rings is 2. The molecule has 112 valence electrons. The van der Waals surface area contributed by atoms with Gasteiger partial charge >= 0.3 is 5.97 Å². The average Bonchev–Trinajstić information content (AvgIpc) is 3.13. The molecule has 0 saturated carbocycles. The molecular weight excluding hydrogens is 310 g/mol. The van der Waals surface area contributed by atoms with Crippen molar-refractivity contribution in [1.29, 1.82) is 0 Å². The van der Waals surface area contributed by atoms with Crippen LogP contribution in [0.5, 0.6) is 0 Å². The van der Waals surface area contributed by atoms with Gasteiger partial charge in [-0.05, 0) is 6.42 Å². The van der Waals surface area contributed by atoms with Crippen molar-refractivity contribution < 1.29 is 14.3 Å². The normalized spacial score (nSPS) is 12.0. The Kier molecular flexibility index (Phi) is 5.03. The zero-order valence-electron chi connectivity index (χ0n) is 11.9. The molecular formula is C13H15N3O3S2. The van der Waals surface area contributed by atoms with Gasteiger partial charge in [0, 0.05) is 18.5 Å². The summed E-state index contributed by atoms with van der Waals surface area (Å²) in [6.07, 6.45) is 2.56. The van der Waals surface area contributed by atoms with Gasteiger partial charge in [0.15, 0.2) is 16.6 Å².